The molecule has 0 aromatic rings. The first-order chi connectivity index (χ1) is 8.33. The van der Waals surface area contributed by atoms with Crippen molar-refractivity contribution in [1.82, 2.24) is 5.32 Å². The van der Waals surface area contributed by atoms with E-state index in [1.165, 1.54) is 37.2 Å². The van der Waals surface area contributed by atoms with Gasteiger partial charge in [-0.1, -0.05) is 6.92 Å². The highest BCUT2D eigenvalue weighted by Gasteiger charge is 2.30. The molecule has 0 bridgehead atoms. The monoisotopic (exact) mass is 277 g/mol. The van der Waals surface area contributed by atoms with Crippen LogP contribution in [-0.2, 0) is 4.74 Å². The van der Waals surface area contributed by atoms with Gasteiger partial charge in [0.05, 0.1) is 0 Å². The fourth-order valence-electron chi connectivity index (χ4n) is 2.39. The van der Waals surface area contributed by atoms with Crippen molar-refractivity contribution in [3.05, 3.63) is 0 Å². The molecule has 0 aliphatic carbocycles. The molecule has 1 saturated heterocycles. The number of ether oxygens (including phenoxy) is 1. The number of unbranched alkanes of at least 4 members (excludes halogenated alkanes) is 1. The zero-order valence-electron chi connectivity index (χ0n) is 11.4. The van der Waals surface area contributed by atoms with Gasteiger partial charge in [-0.3, -0.25) is 0 Å². The van der Waals surface area contributed by atoms with E-state index >= 15 is 0 Å². The van der Waals surface area contributed by atoms with Gasteiger partial charge >= 0.3 is 0 Å². The van der Waals surface area contributed by atoms with E-state index in [9.17, 15) is 0 Å². The average Bonchev–Trinajstić information content (AvgIpc) is 2.39. The summed E-state index contributed by atoms with van der Waals surface area (Å²) >= 11 is 4.35. The molecule has 1 N–H and O–H groups in total. The third-order valence-electron chi connectivity index (χ3n) is 3.38. The molecule has 0 saturated carbocycles. The average molecular weight is 277 g/mol. The molecule has 17 heavy (non-hydrogen) atoms. The van der Waals surface area contributed by atoms with Crippen LogP contribution in [0.2, 0.25) is 0 Å². The molecule has 102 valence electrons. The van der Waals surface area contributed by atoms with Crippen LogP contribution in [-0.4, -0.2) is 48.8 Å². The van der Waals surface area contributed by atoms with Gasteiger partial charge in [0.25, 0.3) is 0 Å². The molecule has 0 aromatic heterocycles. The Morgan fingerprint density at radius 2 is 2.06 bits per heavy atom. The summed E-state index contributed by atoms with van der Waals surface area (Å²) < 4.78 is 5.12. The smallest absolute Gasteiger partial charge is 0.0462 e. The number of hydrogen-bond donors (Lipinski definition) is 1. The largest absolute Gasteiger partial charge is 0.385 e. The van der Waals surface area contributed by atoms with Crippen molar-refractivity contribution in [3.8, 4) is 0 Å². The molecule has 4 heteroatoms. The van der Waals surface area contributed by atoms with E-state index in [0.717, 1.165) is 17.1 Å². The van der Waals surface area contributed by atoms with E-state index in [1.54, 1.807) is 7.11 Å². The van der Waals surface area contributed by atoms with Crippen LogP contribution in [0.5, 0.6) is 0 Å². The first kappa shape index (κ1) is 15.7. The van der Waals surface area contributed by atoms with Crippen molar-refractivity contribution in [3.63, 3.8) is 0 Å². The molecular formula is C13H27NOS2. The molecule has 0 aromatic carbocycles. The topological polar surface area (TPSA) is 21.3 Å². The van der Waals surface area contributed by atoms with Gasteiger partial charge in [0.15, 0.2) is 0 Å². The lowest BCUT2D eigenvalue weighted by atomic mass is 10.0. The zero-order valence-corrected chi connectivity index (χ0v) is 13.0. The zero-order chi connectivity index (χ0) is 12.5. The minimum Gasteiger partial charge on any atom is -0.385 e. The van der Waals surface area contributed by atoms with E-state index in [1.807, 2.05) is 0 Å². The highest BCUT2D eigenvalue weighted by atomic mass is 32.2. The second-order valence-corrected chi connectivity index (χ2v) is 7.17. The number of methoxy groups -OCH3 is 1. The summed E-state index contributed by atoms with van der Waals surface area (Å²) in [6.07, 6.45) is 5.06. The van der Waals surface area contributed by atoms with Gasteiger partial charge in [0, 0.05) is 41.8 Å². The van der Waals surface area contributed by atoms with Crippen LogP contribution in [0.3, 0.4) is 0 Å². The highest BCUT2D eigenvalue weighted by molar-refractivity contribution is 8.07. The number of nitrogens with one attached hydrogen (secondary N) is 1. The Hall–Kier alpha value is 0.620. The van der Waals surface area contributed by atoms with Crippen LogP contribution < -0.4 is 5.32 Å². The van der Waals surface area contributed by atoms with Crippen molar-refractivity contribution in [2.45, 2.75) is 49.1 Å². The lowest BCUT2D eigenvalue weighted by Crippen LogP contribution is -2.43. The van der Waals surface area contributed by atoms with Gasteiger partial charge in [-0.15, -0.1) is 0 Å². The standard InChI is InChI=1S/C13H27NOS2/c1-4-12-13(17-10-9-16-12)11(14-2)7-5-6-8-15-3/h11-14H,4-10H2,1-3H3. The summed E-state index contributed by atoms with van der Waals surface area (Å²) in [6, 6.07) is 0.676. The Labute approximate surface area is 115 Å². The Kier molecular flexibility index (Phi) is 8.79. The Bertz CT molecular complexity index is 192. The van der Waals surface area contributed by atoms with Crippen LogP contribution in [0.25, 0.3) is 0 Å². The van der Waals surface area contributed by atoms with Gasteiger partial charge in [-0.25, -0.2) is 0 Å². The van der Waals surface area contributed by atoms with E-state index in [2.05, 4.69) is 42.8 Å². The third kappa shape index (κ3) is 5.41. The summed E-state index contributed by atoms with van der Waals surface area (Å²) in [5, 5.41) is 5.18. The molecule has 0 radical (unpaired) electrons. The quantitative estimate of drug-likeness (QED) is 0.688. The molecule has 3 unspecified atom stereocenters. The number of thioether (sulfide) groups is 2. The first-order valence-electron chi connectivity index (χ1n) is 6.72. The molecule has 1 aliphatic rings. The fourth-order valence-corrected chi connectivity index (χ4v) is 5.74. The van der Waals surface area contributed by atoms with Crippen LogP contribution in [0.1, 0.15) is 32.6 Å². The summed E-state index contributed by atoms with van der Waals surface area (Å²) in [5.74, 6) is 2.65. The van der Waals surface area contributed by atoms with Crippen LogP contribution in [0, 0.1) is 0 Å². The first-order valence-corrected chi connectivity index (χ1v) is 8.82. The normalized spacial score (nSPS) is 27.0. The van der Waals surface area contributed by atoms with E-state index in [4.69, 9.17) is 4.74 Å². The van der Waals surface area contributed by atoms with Crippen LogP contribution >= 0.6 is 23.5 Å². The van der Waals surface area contributed by atoms with E-state index in [-0.39, 0.29) is 0 Å². The van der Waals surface area contributed by atoms with Gasteiger partial charge in [0.1, 0.15) is 0 Å². The lowest BCUT2D eigenvalue weighted by molar-refractivity contribution is 0.191. The predicted molar refractivity (Wildman–Crippen MR) is 81.4 cm³/mol. The molecular weight excluding hydrogens is 250 g/mol. The molecule has 1 heterocycles. The van der Waals surface area contributed by atoms with Gasteiger partial charge in [-0.2, -0.15) is 23.5 Å². The molecule has 0 amide bonds. The van der Waals surface area contributed by atoms with Crippen molar-refractivity contribution < 1.29 is 4.74 Å². The second-order valence-electron chi connectivity index (χ2n) is 4.54. The number of rotatable bonds is 8. The maximum Gasteiger partial charge on any atom is 0.0462 e. The Morgan fingerprint density at radius 3 is 2.71 bits per heavy atom. The van der Waals surface area contributed by atoms with E-state index < -0.39 is 0 Å². The SMILES string of the molecule is CCC1SCCSC1C(CCCCOC)NC. The molecule has 1 rings (SSSR count). The summed E-state index contributed by atoms with van der Waals surface area (Å²) in [4.78, 5) is 0. The summed E-state index contributed by atoms with van der Waals surface area (Å²) in [5.41, 5.74) is 0. The minimum absolute atomic E-state index is 0.676. The summed E-state index contributed by atoms with van der Waals surface area (Å²) in [6.45, 7) is 3.23. The molecule has 1 aliphatic heterocycles. The molecule has 3 atom stereocenters. The third-order valence-corrected chi connectivity index (χ3v) is 6.78. The summed E-state index contributed by atoms with van der Waals surface area (Å²) in [7, 11) is 3.91. The van der Waals surface area contributed by atoms with Crippen molar-refractivity contribution in [1.29, 1.82) is 0 Å². The molecule has 1 fully saturated rings. The van der Waals surface area contributed by atoms with Gasteiger partial charge in [0.2, 0.25) is 0 Å². The van der Waals surface area contributed by atoms with Gasteiger partial charge in [-0.05, 0) is 32.7 Å². The predicted octanol–water partition coefficient (Wildman–Crippen LogP) is 3.02. The van der Waals surface area contributed by atoms with E-state index in [0.29, 0.717) is 6.04 Å². The van der Waals surface area contributed by atoms with Gasteiger partial charge < -0.3 is 10.1 Å². The maximum atomic E-state index is 5.12. The van der Waals surface area contributed by atoms with Crippen molar-refractivity contribution in [2.24, 2.45) is 0 Å². The second kappa shape index (κ2) is 9.54. The van der Waals surface area contributed by atoms with Crippen molar-refractivity contribution in [2.75, 3.05) is 32.3 Å². The van der Waals surface area contributed by atoms with Crippen molar-refractivity contribution >= 4 is 23.5 Å². The minimum atomic E-state index is 0.676. The number of hydrogen-bond acceptors (Lipinski definition) is 4. The Balaban J connectivity index is 2.35. The fraction of sp³-hybridized carbons (Fsp3) is 1.00. The Morgan fingerprint density at radius 1 is 1.29 bits per heavy atom. The highest BCUT2D eigenvalue weighted by Crippen LogP contribution is 2.36. The maximum absolute atomic E-state index is 5.12. The lowest BCUT2D eigenvalue weighted by Gasteiger charge is -2.36. The molecule has 0 spiro atoms. The molecule has 2 nitrogen and oxygen atoms in total. The van der Waals surface area contributed by atoms with Crippen LogP contribution in [0.15, 0.2) is 0 Å². The van der Waals surface area contributed by atoms with Crippen LogP contribution in [0.4, 0.5) is 0 Å².